The highest BCUT2D eigenvalue weighted by molar-refractivity contribution is 8.13. The van der Waals surface area contributed by atoms with E-state index >= 15 is 0 Å². The summed E-state index contributed by atoms with van der Waals surface area (Å²) in [7, 11) is 0. The number of hydrogen-bond acceptors (Lipinski definition) is 1. The zero-order valence-corrected chi connectivity index (χ0v) is 11.6. The van der Waals surface area contributed by atoms with Gasteiger partial charge in [0.15, 0.2) is 0 Å². The lowest BCUT2D eigenvalue weighted by Gasteiger charge is -2.09. The zero-order chi connectivity index (χ0) is 11.1. The van der Waals surface area contributed by atoms with E-state index in [0.717, 1.165) is 0 Å². The molecule has 14 heavy (non-hydrogen) atoms. The fraction of sp³-hybridized carbons (Fsp3) is 0. The van der Waals surface area contributed by atoms with Crippen LogP contribution in [0.25, 0.3) is 0 Å². The van der Waals surface area contributed by atoms with Gasteiger partial charge in [-0.1, -0.05) is 46.4 Å². The average Bonchev–Trinajstić information content (AvgIpc) is 2.06. The first-order valence-electron chi connectivity index (χ1n) is 3.08. The Morgan fingerprint density at radius 3 is 1.86 bits per heavy atom. The average molecular weight is 333 g/mol. The Hall–Kier alpha value is 1.19. The second-order valence-corrected chi connectivity index (χ2v) is 8.60. The van der Waals surface area contributed by atoms with Gasteiger partial charge in [0.25, 0.3) is 5.85 Å². The summed E-state index contributed by atoms with van der Waals surface area (Å²) in [5.74, 6) is -3.54. The number of hydrogen-bond donors (Lipinski definition) is 0. The second kappa shape index (κ2) is 4.59. The summed E-state index contributed by atoms with van der Waals surface area (Å²) < 4.78 is 11.3. The third kappa shape index (κ3) is 2.65. The minimum Gasteiger partial charge on any atom is -0.284 e. The fourth-order valence-electron chi connectivity index (χ4n) is 0.750. The molecular weight excluding hydrogens is 332 g/mol. The van der Waals surface area contributed by atoms with Crippen molar-refractivity contribution in [3.63, 3.8) is 0 Å². The van der Waals surface area contributed by atoms with E-state index in [2.05, 4.69) is 0 Å². The molecule has 0 saturated heterocycles. The smallest absolute Gasteiger partial charge is 0.283 e. The highest BCUT2D eigenvalue weighted by atomic mass is 35.9. The molecule has 0 spiro atoms. The topological polar surface area (TPSA) is 17.1 Å². The highest BCUT2D eigenvalue weighted by Gasteiger charge is 2.25. The summed E-state index contributed by atoms with van der Waals surface area (Å²) in [5.41, 5.74) is 0. The first-order valence-corrected chi connectivity index (χ1v) is 8.11. The van der Waals surface area contributed by atoms with Crippen LogP contribution in [0.4, 0.5) is 0 Å². The van der Waals surface area contributed by atoms with Gasteiger partial charge in [0.2, 0.25) is 0 Å². The molecule has 8 heteroatoms. The number of rotatable bonds is 1. The Morgan fingerprint density at radius 1 is 0.929 bits per heavy atom. The molecule has 0 unspecified atom stereocenters. The van der Waals surface area contributed by atoms with Gasteiger partial charge in [0.05, 0.1) is 25.4 Å². The first kappa shape index (κ1) is 13.3. The zero-order valence-electron chi connectivity index (χ0n) is 6.20. The van der Waals surface area contributed by atoms with E-state index in [0.29, 0.717) is 0 Å². The normalized spacial score (nSPS) is 11.9. The lowest BCUT2D eigenvalue weighted by Crippen LogP contribution is -2.01. The Morgan fingerprint density at radius 2 is 1.43 bits per heavy atom. The molecule has 0 saturated carbocycles. The molecular formula is C6HCl6OP. The molecule has 0 atom stereocenters. The molecule has 0 aliphatic heterocycles. The fourth-order valence-corrected chi connectivity index (χ4v) is 3.73. The molecule has 78 valence electrons. The molecule has 0 aliphatic rings. The van der Waals surface area contributed by atoms with Gasteiger partial charge in [-0.15, -0.1) is 0 Å². The lowest BCUT2D eigenvalue weighted by molar-refractivity contribution is 0.597. The maximum atomic E-state index is 11.3. The van der Waals surface area contributed by atoms with Gasteiger partial charge < -0.3 is 0 Å². The van der Waals surface area contributed by atoms with Crippen molar-refractivity contribution in [2.24, 2.45) is 0 Å². The molecule has 0 amide bonds. The highest BCUT2D eigenvalue weighted by Crippen LogP contribution is 2.58. The van der Waals surface area contributed by atoms with Crippen molar-refractivity contribution in [1.29, 1.82) is 0 Å². The Kier molecular flexibility index (Phi) is 4.35. The van der Waals surface area contributed by atoms with Crippen molar-refractivity contribution in [3.8, 4) is 0 Å². The second-order valence-electron chi connectivity index (χ2n) is 2.28. The van der Waals surface area contributed by atoms with Gasteiger partial charge in [0, 0.05) is 0 Å². The largest absolute Gasteiger partial charge is 0.284 e. The van der Waals surface area contributed by atoms with Crippen LogP contribution in [0.3, 0.4) is 0 Å². The van der Waals surface area contributed by atoms with Gasteiger partial charge in [-0.3, -0.25) is 4.57 Å². The van der Waals surface area contributed by atoms with Crippen molar-refractivity contribution < 1.29 is 4.57 Å². The van der Waals surface area contributed by atoms with Crippen LogP contribution in [0, 0.1) is 0 Å². The Balaban J connectivity index is 3.57. The molecule has 0 N–H and O–H groups in total. The third-order valence-corrected chi connectivity index (χ3v) is 5.25. The molecule has 1 aromatic rings. The monoisotopic (exact) mass is 330 g/mol. The quantitative estimate of drug-likeness (QED) is 0.372. The predicted molar refractivity (Wildman–Crippen MR) is 65.4 cm³/mol. The maximum absolute atomic E-state index is 11.3. The van der Waals surface area contributed by atoms with Crippen LogP contribution in [0.15, 0.2) is 6.07 Å². The molecule has 1 aromatic carbocycles. The molecule has 0 radical (unpaired) electrons. The summed E-state index contributed by atoms with van der Waals surface area (Å²) in [6, 6.07) is 1.24. The standard InChI is InChI=1S/C6HCl6OP/c7-2-1-3(14(11,12)13)5(9)6(10)4(2)8/h1H. The Labute approximate surface area is 110 Å². The maximum Gasteiger partial charge on any atom is 0.283 e. The SMILES string of the molecule is O=P(Cl)(Cl)c1cc(Cl)c(Cl)c(Cl)c1Cl. The van der Waals surface area contributed by atoms with Crippen LogP contribution in [-0.4, -0.2) is 0 Å². The summed E-state index contributed by atoms with van der Waals surface area (Å²) in [6.45, 7) is 0. The van der Waals surface area contributed by atoms with Crippen molar-refractivity contribution >= 4 is 80.0 Å². The van der Waals surface area contributed by atoms with E-state index in [9.17, 15) is 4.57 Å². The van der Waals surface area contributed by atoms with Crippen molar-refractivity contribution in [1.82, 2.24) is 0 Å². The number of halogens is 6. The molecule has 0 aromatic heterocycles. The molecule has 0 aliphatic carbocycles. The third-order valence-electron chi connectivity index (χ3n) is 1.36. The van der Waals surface area contributed by atoms with E-state index < -0.39 is 5.85 Å². The van der Waals surface area contributed by atoms with Crippen molar-refractivity contribution in [3.05, 3.63) is 26.2 Å². The van der Waals surface area contributed by atoms with Gasteiger partial charge >= 0.3 is 0 Å². The van der Waals surface area contributed by atoms with E-state index in [1.807, 2.05) is 0 Å². The van der Waals surface area contributed by atoms with Crippen molar-refractivity contribution in [2.75, 3.05) is 0 Å². The molecule has 0 bridgehead atoms. The van der Waals surface area contributed by atoms with Crippen LogP contribution in [-0.2, 0) is 4.57 Å². The van der Waals surface area contributed by atoms with Crippen LogP contribution in [0.2, 0.25) is 20.1 Å². The predicted octanol–water partition coefficient (Wildman–Crippen LogP) is 5.60. The van der Waals surface area contributed by atoms with E-state index in [1.165, 1.54) is 6.07 Å². The minimum absolute atomic E-state index is 0.0121. The van der Waals surface area contributed by atoms with Gasteiger partial charge in [0.1, 0.15) is 0 Å². The van der Waals surface area contributed by atoms with Gasteiger partial charge in [-0.25, -0.2) is 0 Å². The number of benzene rings is 1. The van der Waals surface area contributed by atoms with Gasteiger partial charge in [-0.2, -0.15) is 0 Å². The van der Waals surface area contributed by atoms with Crippen LogP contribution in [0.5, 0.6) is 0 Å². The summed E-state index contributed by atoms with van der Waals surface area (Å²) in [4.78, 5) is 0. The van der Waals surface area contributed by atoms with E-state index in [4.69, 9.17) is 68.9 Å². The van der Waals surface area contributed by atoms with Crippen molar-refractivity contribution in [2.45, 2.75) is 0 Å². The molecule has 0 heterocycles. The summed E-state index contributed by atoms with van der Waals surface area (Å²) in [6.07, 6.45) is 0. The molecule has 0 fully saturated rings. The molecule has 1 rings (SSSR count). The van der Waals surface area contributed by atoms with Crippen LogP contribution < -0.4 is 5.30 Å². The Bertz CT molecular complexity index is 425. The minimum atomic E-state index is -3.54. The molecule has 1 nitrogen and oxygen atoms in total. The van der Waals surface area contributed by atoms with Gasteiger partial charge in [-0.05, 0) is 28.5 Å². The summed E-state index contributed by atoms with van der Waals surface area (Å²) in [5, 5.41) is 0.0927. The first-order chi connectivity index (χ1) is 6.25. The lowest BCUT2D eigenvalue weighted by atomic mass is 10.3. The van der Waals surface area contributed by atoms with Crippen LogP contribution >= 0.6 is 74.7 Å². The summed E-state index contributed by atoms with van der Waals surface area (Å²) >= 11 is 33.7. The van der Waals surface area contributed by atoms with Crippen LogP contribution in [0.1, 0.15) is 0 Å². The van der Waals surface area contributed by atoms with E-state index in [1.54, 1.807) is 0 Å². The van der Waals surface area contributed by atoms with E-state index in [-0.39, 0.29) is 25.4 Å².